The van der Waals surface area contributed by atoms with Crippen LogP contribution in [0.3, 0.4) is 0 Å². The fourth-order valence-corrected chi connectivity index (χ4v) is 7.07. The van der Waals surface area contributed by atoms with E-state index in [0.717, 1.165) is 12.1 Å². The van der Waals surface area contributed by atoms with Crippen molar-refractivity contribution in [3.63, 3.8) is 0 Å². The molecule has 0 saturated carbocycles. The number of nitrogens with one attached hydrogen (secondary N) is 3. The second-order valence-corrected chi connectivity index (χ2v) is 12.0. The van der Waals surface area contributed by atoms with Crippen molar-refractivity contribution < 1.29 is 35.9 Å². The minimum atomic E-state index is -4.34. The molecule has 0 atom stereocenters. The molecule has 36 heavy (non-hydrogen) atoms. The maximum Gasteiger partial charge on any atom is 0.326 e. The lowest BCUT2D eigenvalue weighted by atomic mass is 10.1. The first kappa shape index (κ1) is 25.9. The Morgan fingerprint density at radius 1 is 1.19 bits per heavy atom. The number of aromatic hydroxyl groups is 1. The first-order valence-corrected chi connectivity index (χ1v) is 13.8. The molecule has 0 aromatic heterocycles. The number of piperidine rings is 1. The number of amides is 3. The molecule has 2 fully saturated rings. The summed E-state index contributed by atoms with van der Waals surface area (Å²) in [4.78, 5) is 23.8. The van der Waals surface area contributed by atoms with Crippen LogP contribution in [0.5, 0.6) is 5.75 Å². The lowest BCUT2D eigenvalue weighted by Crippen LogP contribution is -2.47. The summed E-state index contributed by atoms with van der Waals surface area (Å²) < 4.78 is 67.5. The van der Waals surface area contributed by atoms with Crippen molar-refractivity contribution in [2.24, 2.45) is 0 Å². The summed E-state index contributed by atoms with van der Waals surface area (Å²) in [6.07, 6.45) is 0.618. The third-order valence-corrected chi connectivity index (χ3v) is 9.39. The monoisotopic (exact) mass is 561 g/mol. The second kappa shape index (κ2) is 9.72. The third kappa shape index (κ3) is 5.18. The number of carbonyl (C=O) groups excluding carboxylic acids is 2. The highest BCUT2D eigenvalue weighted by Gasteiger charge is 2.37. The average Bonchev–Trinajstić information content (AvgIpc) is 3.05. The Morgan fingerprint density at radius 3 is 2.44 bits per heavy atom. The van der Waals surface area contributed by atoms with E-state index in [1.165, 1.54) is 16.4 Å². The molecule has 4 rings (SSSR count). The second-order valence-electron chi connectivity index (χ2n) is 8.07. The van der Waals surface area contributed by atoms with Gasteiger partial charge in [0.15, 0.2) is 5.82 Å². The molecule has 0 aliphatic carbocycles. The number of phenols is 1. The standard InChI is InChI=1S/C20H21ClFN5O7S2/c21-14-3-1-2-4-17(14)35(31,32)26-7-5-12(6-8-26)23-20(30)24-13-9-15(22)19(16(28)10-13)27-11-18(29)25-36(27,33)34/h1-4,9-10,12,28H,5-8,11H2,(H,25,29)(H2,23,24,30). The van der Waals surface area contributed by atoms with E-state index in [0.29, 0.717) is 17.1 Å². The molecule has 0 spiro atoms. The molecule has 194 valence electrons. The van der Waals surface area contributed by atoms with Crippen LogP contribution in [0.2, 0.25) is 5.02 Å². The molecule has 3 amide bonds. The molecule has 0 unspecified atom stereocenters. The van der Waals surface area contributed by atoms with Gasteiger partial charge in [-0.1, -0.05) is 23.7 Å². The van der Waals surface area contributed by atoms with Gasteiger partial charge in [0, 0.05) is 30.9 Å². The number of hydrogen-bond acceptors (Lipinski definition) is 7. The summed E-state index contributed by atoms with van der Waals surface area (Å²) in [5.41, 5.74) is -0.896. The van der Waals surface area contributed by atoms with Gasteiger partial charge in [0.05, 0.1) is 5.02 Å². The highest BCUT2D eigenvalue weighted by atomic mass is 35.5. The van der Waals surface area contributed by atoms with Crippen molar-refractivity contribution in [2.75, 3.05) is 29.3 Å². The fourth-order valence-electron chi connectivity index (χ4n) is 3.94. The van der Waals surface area contributed by atoms with Crippen LogP contribution in [0.4, 0.5) is 20.6 Å². The smallest absolute Gasteiger partial charge is 0.326 e. The summed E-state index contributed by atoms with van der Waals surface area (Å²) in [5.74, 6) is -2.87. The Labute approximate surface area is 211 Å². The number of sulfonamides is 1. The van der Waals surface area contributed by atoms with Gasteiger partial charge in [-0.05, 0) is 31.0 Å². The Balaban J connectivity index is 1.37. The van der Waals surface area contributed by atoms with Crippen LogP contribution < -0.4 is 19.7 Å². The number of anilines is 2. The number of benzene rings is 2. The number of halogens is 2. The van der Waals surface area contributed by atoms with Gasteiger partial charge in [0.25, 0.3) is 5.91 Å². The molecule has 2 aliphatic rings. The van der Waals surface area contributed by atoms with Crippen LogP contribution in [0.25, 0.3) is 0 Å². The van der Waals surface area contributed by atoms with E-state index in [-0.39, 0.29) is 34.7 Å². The van der Waals surface area contributed by atoms with Crippen molar-refractivity contribution in [2.45, 2.75) is 23.8 Å². The Bertz CT molecular complexity index is 1410. The predicted molar refractivity (Wildman–Crippen MR) is 128 cm³/mol. The van der Waals surface area contributed by atoms with E-state index in [9.17, 15) is 35.9 Å². The number of hydrogen-bond donors (Lipinski definition) is 4. The van der Waals surface area contributed by atoms with E-state index in [1.54, 1.807) is 16.9 Å². The highest BCUT2D eigenvalue weighted by Crippen LogP contribution is 2.36. The topological polar surface area (TPSA) is 165 Å². The molecule has 2 aliphatic heterocycles. The van der Waals surface area contributed by atoms with Crippen molar-refractivity contribution in [3.8, 4) is 5.75 Å². The maximum atomic E-state index is 14.6. The van der Waals surface area contributed by atoms with Crippen LogP contribution in [0.15, 0.2) is 41.3 Å². The molecule has 2 aromatic rings. The van der Waals surface area contributed by atoms with Crippen LogP contribution in [0, 0.1) is 5.82 Å². The van der Waals surface area contributed by atoms with Gasteiger partial charge in [-0.15, -0.1) is 0 Å². The normalized spacial score (nSPS) is 18.6. The number of nitrogens with zero attached hydrogens (tertiary/aromatic N) is 2. The summed E-state index contributed by atoms with van der Waals surface area (Å²) in [5, 5.41) is 15.3. The van der Waals surface area contributed by atoms with Gasteiger partial charge < -0.3 is 15.7 Å². The van der Waals surface area contributed by atoms with Crippen molar-refractivity contribution >= 4 is 55.1 Å². The first-order valence-electron chi connectivity index (χ1n) is 10.6. The minimum absolute atomic E-state index is 0.00276. The van der Waals surface area contributed by atoms with E-state index in [4.69, 9.17) is 11.6 Å². The first-order chi connectivity index (χ1) is 16.9. The summed E-state index contributed by atoms with van der Waals surface area (Å²) >= 11 is 6.03. The van der Waals surface area contributed by atoms with Gasteiger partial charge in [0.2, 0.25) is 10.0 Å². The Kier molecular flexibility index (Phi) is 7.01. The number of rotatable bonds is 5. The van der Waals surface area contributed by atoms with Gasteiger partial charge in [-0.25, -0.2) is 26.6 Å². The predicted octanol–water partition coefficient (Wildman–Crippen LogP) is 1.34. The molecular formula is C20H21ClFN5O7S2. The molecule has 0 radical (unpaired) electrons. The number of carbonyl (C=O) groups is 2. The molecular weight excluding hydrogens is 541 g/mol. The molecule has 12 nitrogen and oxygen atoms in total. The van der Waals surface area contributed by atoms with Gasteiger partial charge >= 0.3 is 16.2 Å². The van der Waals surface area contributed by atoms with Crippen LogP contribution >= 0.6 is 11.6 Å². The van der Waals surface area contributed by atoms with E-state index < -0.39 is 56.0 Å². The largest absolute Gasteiger partial charge is 0.506 e. The van der Waals surface area contributed by atoms with Gasteiger partial charge in [-0.2, -0.15) is 12.7 Å². The minimum Gasteiger partial charge on any atom is -0.506 e. The molecule has 2 saturated heterocycles. The van der Waals surface area contributed by atoms with Crippen LogP contribution in [-0.2, 0) is 25.0 Å². The lowest BCUT2D eigenvalue weighted by molar-refractivity contribution is -0.117. The van der Waals surface area contributed by atoms with E-state index in [1.807, 2.05) is 0 Å². The summed E-state index contributed by atoms with van der Waals surface area (Å²) in [6.45, 7) is -0.426. The highest BCUT2D eigenvalue weighted by molar-refractivity contribution is 7.92. The lowest BCUT2D eigenvalue weighted by Gasteiger charge is -2.31. The zero-order chi connectivity index (χ0) is 26.3. The van der Waals surface area contributed by atoms with Gasteiger partial charge in [-0.3, -0.25) is 4.79 Å². The zero-order valence-electron chi connectivity index (χ0n) is 18.4. The SMILES string of the molecule is O=C1CN(c2c(O)cc(NC(=O)NC3CCN(S(=O)(=O)c4ccccc4Cl)CC3)cc2F)S(=O)(=O)N1. The van der Waals surface area contributed by atoms with Crippen molar-refractivity contribution in [3.05, 3.63) is 47.2 Å². The van der Waals surface area contributed by atoms with Crippen LogP contribution in [0.1, 0.15) is 12.8 Å². The summed E-state index contributed by atoms with van der Waals surface area (Å²) in [6, 6.07) is 6.73. The molecule has 0 bridgehead atoms. The van der Waals surface area contributed by atoms with E-state index >= 15 is 0 Å². The molecule has 4 N–H and O–H groups in total. The molecule has 2 heterocycles. The summed E-state index contributed by atoms with van der Waals surface area (Å²) in [7, 11) is -8.14. The molecule has 16 heteroatoms. The molecule has 2 aromatic carbocycles. The zero-order valence-corrected chi connectivity index (χ0v) is 20.8. The van der Waals surface area contributed by atoms with Gasteiger partial charge in [0.1, 0.15) is 22.9 Å². The number of urea groups is 1. The quantitative estimate of drug-likeness (QED) is 0.427. The van der Waals surface area contributed by atoms with E-state index in [2.05, 4.69) is 10.6 Å². The van der Waals surface area contributed by atoms with Crippen LogP contribution in [-0.4, -0.2) is 63.9 Å². The fraction of sp³-hybridized carbons (Fsp3) is 0.300. The Hall–Kier alpha value is -3.14. The third-order valence-electron chi connectivity index (χ3n) is 5.61. The number of phenolic OH excluding ortho intramolecular Hbond substituents is 1. The van der Waals surface area contributed by atoms with Crippen molar-refractivity contribution in [1.29, 1.82) is 0 Å². The average molecular weight is 562 g/mol. The van der Waals surface area contributed by atoms with Crippen molar-refractivity contribution in [1.82, 2.24) is 14.3 Å². The maximum absolute atomic E-state index is 14.6. The Morgan fingerprint density at radius 2 is 1.86 bits per heavy atom.